The first-order valence-electron chi connectivity index (χ1n) is 5.86. The molecule has 0 saturated heterocycles. The quantitative estimate of drug-likeness (QED) is 0.451. The van der Waals surface area contributed by atoms with Gasteiger partial charge in [-0.15, -0.1) is 11.8 Å². The highest BCUT2D eigenvalue weighted by Gasteiger charge is 1.96. The van der Waals surface area contributed by atoms with Gasteiger partial charge in [-0.1, -0.05) is 38.3 Å². The Hall–Kier alpha value is -0.140. The van der Waals surface area contributed by atoms with Crippen molar-refractivity contribution in [2.75, 3.05) is 5.75 Å². The summed E-state index contributed by atoms with van der Waals surface area (Å²) >= 11 is 7.75. The van der Waals surface area contributed by atoms with Crippen LogP contribution in [0.2, 0.25) is 5.02 Å². The third-order valence-electron chi connectivity index (χ3n) is 2.40. The smallest absolute Gasteiger partial charge is 0.0406 e. The molecule has 0 amide bonds. The fourth-order valence-corrected chi connectivity index (χ4v) is 2.52. The minimum atomic E-state index is 0.818. The van der Waals surface area contributed by atoms with Crippen LogP contribution in [0.4, 0.5) is 0 Å². The number of rotatable bonds is 7. The van der Waals surface area contributed by atoms with Gasteiger partial charge in [0.1, 0.15) is 0 Å². The number of hydrogen-bond acceptors (Lipinski definition) is 1. The molecule has 0 atom stereocenters. The van der Waals surface area contributed by atoms with E-state index in [0.29, 0.717) is 0 Å². The summed E-state index contributed by atoms with van der Waals surface area (Å²) in [4.78, 5) is 1.32. The van der Waals surface area contributed by atoms with Crippen molar-refractivity contribution in [1.29, 1.82) is 0 Å². The number of benzene rings is 1. The molecule has 0 aromatic heterocycles. The molecule has 0 aliphatic carbocycles. The van der Waals surface area contributed by atoms with Gasteiger partial charge in [-0.25, -0.2) is 0 Å². The second kappa shape index (κ2) is 8.03. The molecule has 0 fully saturated rings. The van der Waals surface area contributed by atoms with Crippen molar-refractivity contribution in [3.05, 3.63) is 35.2 Å². The van der Waals surface area contributed by atoms with E-state index < -0.39 is 0 Å². The normalized spacial score (nSPS) is 11.0. The second-order valence-corrected chi connectivity index (χ2v) is 5.92. The van der Waals surface area contributed by atoms with E-state index in [1.54, 1.807) is 5.92 Å². The summed E-state index contributed by atoms with van der Waals surface area (Å²) in [6.45, 7) is 4.42. The van der Waals surface area contributed by atoms with Crippen LogP contribution in [-0.4, -0.2) is 5.75 Å². The van der Waals surface area contributed by atoms with Gasteiger partial charge in [-0.2, -0.15) is 0 Å². The topological polar surface area (TPSA) is 0 Å². The first-order chi connectivity index (χ1) is 7.68. The summed E-state index contributed by atoms with van der Waals surface area (Å²) in [6, 6.07) is 8.10. The lowest BCUT2D eigenvalue weighted by Crippen LogP contribution is -1.86. The third kappa shape index (κ3) is 6.44. The third-order valence-corrected chi connectivity index (χ3v) is 3.75. The summed E-state index contributed by atoms with van der Waals surface area (Å²) < 4.78 is 0. The monoisotopic (exact) mass is 255 g/mol. The van der Waals surface area contributed by atoms with E-state index in [1.165, 1.54) is 36.3 Å². The largest absolute Gasteiger partial charge is 0.126 e. The minimum absolute atomic E-state index is 0.818. The zero-order valence-corrected chi connectivity index (χ0v) is 11.7. The predicted octanol–water partition coefficient (Wildman–Crippen LogP) is 5.61. The van der Waals surface area contributed by atoms with E-state index in [-0.39, 0.29) is 0 Å². The standard InChI is InChI=1S/C14H20ClS/c1-12(2)6-4-3-5-11-16-14-9-7-13(15)8-10-14/h7-10H,3-6,11H2,1-2H3. The molecule has 0 saturated carbocycles. The first kappa shape index (κ1) is 13.9. The van der Waals surface area contributed by atoms with Crippen LogP contribution < -0.4 is 0 Å². The average molecular weight is 256 g/mol. The summed E-state index contributed by atoms with van der Waals surface area (Å²) in [5.74, 6) is 2.76. The zero-order chi connectivity index (χ0) is 11.8. The van der Waals surface area contributed by atoms with Gasteiger partial charge in [0.25, 0.3) is 0 Å². The Morgan fingerprint density at radius 1 is 1.06 bits per heavy atom. The average Bonchev–Trinajstić information content (AvgIpc) is 2.25. The Morgan fingerprint density at radius 2 is 1.75 bits per heavy atom. The highest BCUT2D eigenvalue weighted by Crippen LogP contribution is 2.22. The Balaban J connectivity index is 2.05. The zero-order valence-electron chi connectivity index (χ0n) is 10.1. The van der Waals surface area contributed by atoms with Crippen LogP contribution in [0.3, 0.4) is 0 Å². The molecule has 16 heavy (non-hydrogen) atoms. The van der Waals surface area contributed by atoms with Crippen molar-refractivity contribution in [2.24, 2.45) is 0 Å². The number of thioether (sulfide) groups is 1. The maximum atomic E-state index is 5.83. The Morgan fingerprint density at radius 3 is 2.38 bits per heavy atom. The van der Waals surface area contributed by atoms with Crippen LogP contribution in [0.5, 0.6) is 0 Å². The van der Waals surface area contributed by atoms with Gasteiger partial charge in [0.05, 0.1) is 0 Å². The van der Waals surface area contributed by atoms with Gasteiger partial charge in [0.2, 0.25) is 0 Å². The molecule has 0 unspecified atom stereocenters. The highest BCUT2D eigenvalue weighted by molar-refractivity contribution is 7.99. The van der Waals surface area contributed by atoms with Crippen LogP contribution in [0.15, 0.2) is 29.2 Å². The van der Waals surface area contributed by atoms with Crippen LogP contribution in [0.25, 0.3) is 0 Å². The highest BCUT2D eigenvalue weighted by atomic mass is 35.5. The van der Waals surface area contributed by atoms with Gasteiger partial charge >= 0.3 is 0 Å². The van der Waals surface area contributed by atoms with E-state index >= 15 is 0 Å². The summed E-state index contributed by atoms with van der Waals surface area (Å²) in [7, 11) is 0. The van der Waals surface area contributed by atoms with Crippen molar-refractivity contribution < 1.29 is 0 Å². The van der Waals surface area contributed by atoms with Gasteiger partial charge in [0.15, 0.2) is 0 Å². The molecule has 1 aromatic rings. The first-order valence-corrected chi connectivity index (χ1v) is 7.22. The van der Waals surface area contributed by atoms with E-state index in [2.05, 4.69) is 26.0 Å². The number of unbranched alkanes of at least 4 members (excludes halogenated alkanes) is 2. The van der Waals surface area contributed by atoms with Gasteiger partial charge in [0, 0.05) is 9.92 Å². The maximum Gasteiger partial charge on any atom is 0.0406 e. The molecule has 1 radical (unpaired) electrons. The van der Waals surface area contributed by atoms with Crippen LogP contribution >= 0.6 is 23.4 Å². The van der Waals surface area contributed by atoms with Crippen molar-refractivity contribution in [3.8, 4) is 0 Å². The molecule has 0 N–H and O–H groups in total. The van der Waals surface area contributed by atoms with Gasteiger partial charge < -0.3 is 0 Å². The lowest BCUT2D eigenvalue weighted by Gasteiger charge is -2.04. The molecule has 0 heterocycles. The molecule has 0 aliphatic rings. The van der Waals surface area contributed by atoms with E-state index in [9.17, 15) is 0 Å². The molecule has 1 rings (SSSR count). The van der Waals surface area contributed by atoms with Crippen LogP contribution in [0.1, 0.15) is 39.5 Å². The van der Waals surface area contributed by atoms with Gasteiger partial charge in [-0.3, -0.25) is 0 Å². The lowest BCUT2D eigenvalue weighted by molar-refractivity contribution is 0.680. The maximum absolute atomic E-state index is 5.83. The molecule has 0 aliphatic heterocycles. The summed E-state index contributed by atoms with van der Waals surface area (Å²) in [5.41, 5.74) is 0. The molecular formula is C14H20ClS. The van der Waals surface area contributed by atoms with Crippen molar-refractivity contribution in [1.82, 2.24) is 0 Å². The predicted molar refractivity (Wildman–Crippen MR) is 75.2 cm³/mol. The Bertz CT molecular complexity index is 279. The fraction of sp³-hybridized carbons (Fsp3) is 0.500. The van der Waals surface area contributed by atoms with Crippen LogP contribution in [-0.2, 0) is 0 Å². The molecule has 2 heteroatoms. The molecule has 0 bridgehead atoms. The second-order valence-electron chi connectivity index (χ2n) is 4.32. The van der Waals surface area contributed by atoms with Crippen molar-refractivity contribution in [3.63, 3.8) is 0 Å². The molecular weight excluding hydrogens is 236 g/mol. The van der Waals surface area contributed by atoms with Crippen molar-refractivity contribution in [2.45, 2.75) is 44.4 Å². The minimum Gasteiger partial charge on any atom is -0.126 e. The van der Waals surface area contributed by atoms with E-state index in [1.807, 2.05) is 23.9 Å². The van der Waals surface area contributed by atoms with Gasteiger partial charge in [-0.05, 0) is 48.8 Å². The number of halogens is 1. The summed E-state index contributed by atoms with van der Waals surface area (Å²) in [5, 5.41) is 0.818. The Labute approximate surface area is 109 Å². The van der Waals surface area contributed by atoms with Crippen molar-refractivity contribution >= 4 is 23.4 Å². The lowest BCUT2D eigenvalue weighted by atomic mass is 10.1. The molecule has 0 spiro atoms. The van der Waals surface area contributed by atoms with E-state index in [4.69, 9.17) is 11.6 Å². The molecule has 89 valence electrons. The molecule has 1 aromatic carbocycles. The number of hydrogen-bond donors (Lipinski definition) is 0. The Kier molecular flexibility index (Phi) is 6.98. The van der Waals surface area contributed by atoms with E-state index in [0.717, 1.165) is 5.02 Å². The SMILES string of the molecule is C[C](C)CCCCCSc1ccc(Cl)cc1. The fourth-order valence-electron chi connectivity index (χ4n) is 1.48. The van der Waals surface area contributed by atoms with Crippen LogP contribution in [0, 0.1) is 5.92 Å². The molecule has 0 nitrogen and oxygen atoms in total. The summed E-state index contributed by atoms with van der Waals surface area (Å²) in [6.07, 6.45) is 5.27.